The summed E-state index contributed by atoms with van der Waals surface area (Å²) in [5.74, 6) is -0.286. The fourth-order valence-corrected chi connectivity index (χ4v) is 1.92. The van der Waals surface area contributed by atoms with Crippen molar-refractivity contribution in [1.82, 2.24) is 4.98 Å². The summed E-state index contributed by atoms with van der Waals surface area (Å²) in [5.41, 5.74) is 3.35. The molecule has 2 aromatic rings. The third-order valence-corrected chi connectivity index (χ3v) is 2.65. The predicted octanol–water partition coefficient (Wildman–Crippen LogP) is 3.42. The van der Waals surface area contributed by atoms with Crippen LogP contribution < -0.4 is 0 Å². The minimum atomic E-state index is -0.286. The Morgan fingerprint density at radius 1 is 1.22 bits per heavy atom. The molecule has 0 aliphatic rings. The van der Waals surface area contributed by atoms with E-state index in [4.69, 9.17) is 4.74 Å². The molecule has 0 amide bonds. The SMILES string of the molecule is Cc1ccc2nc(C)cc(C(=O)OC(C)C)c2c1. The van der Waals surface area contributed by atoms with Crippen LogP contribution in [0, 0.1) is 13.8 Å². The summed E-state index contributed by atoms with van der Waals surface area (Å²) in [4.78, 5) is 16.5. The van der Waals surface area contributed by atoms with E-state index in [9.17, 15) is 4.79 Å². The number of carbonyl (C=O) groups is 1. The number of hydrogen-bond donors (Lipinski definition) is 0. The van der Waals surface area contributed by atoms with Gasteiger partial charge in [0, 0.05) is 11.1 Å². The molecule has 0 spiro atoms. The zero-order valence-corrected chi connectivity index (χ0v) is 11.2. The Kier molecular flexibility index (Phi) is 3.32. The first-order valence-corrected chi connectivity index (χ1v) is 6.06. The van der Waals surface area contributed by atoms with Gasteiger partial charge in [-0.1, -0.05) is 11.6 Å². The number of aryl methyl sites for hydroxylation is 2. The number of rotatable bonds is 2. The fourth-order valence-electron chi connectivity index (χ4n) is 1.92. The number of hydrogen-bond acceptors (Lipinski definition) is 3. The lowest BCUT2D eigenvalue weighted by Crippen LogP contribution is -2.12. The Hall–Kier alpha value is -1.90. The first-order valence-electron chi connectivity index (χ1n) is 6.06. The van der Waals surface area contributed by atoms with Crippen molar-refractivity contribution in [2.75, 3.05) is 0 Å². The highest BCUT2D eigenvalue weighted by atomic mass is 16.5. The number of benzene rings is 1. The van der Waals surface area contributed by atoms with Crippen molar-refractivity contribution in [3.63, 3.8) is 0 Å². The van der Waals surface area contributed by atoms with Crippen LogP contribution in [0.2, 0.25) is 0 Å². The van der Waals surface area contributed by atoms with Gasteiger partial charge in [-0.2, -0.15) is 0 Å². The van der Waals surface area contributed by atoms with Crippen LogP contribution in [0.15, 0.2) is 24.3 Å². The molecule has 0 aliphatic carbocycles. The Morgan fingerprint density at radius 2 is 1.94 bits per heavy atom. The third-order valence-electron chi connectivity index (χ3n) is 2.65. The van der Waals surface area contributed by atoms with E-state index in [1.807, 2.05) is 45.9 Å². The highest BCUT2D eigenvalue weighted by Crippen LogP contribution is 2.21. The maximum absolute atomic E-state index is 12.1. The number of nitrogens with zero attached hydrogens (tertiary/aromatic N) is 1. The normalized spacial score (nSPS) is 10.9. The predicted molar refractivity (Wildman–Crippen MR) is 71.8 cm³/mol. The van der Waals surface area contributed by atoms with Crippen molar-refractivity contribution in [2.45, 2.75) is 33.8 Å². The minimum Gasteiger partial charge on any atom is -0.459 e. The van der Waals surface area contributed by atoms with E-state index in [0.29, 0.717) is 5.56 Å². The number of ether oxygens (including phenoxy) is 1. The van der Waals surface area contributed by atoms with Gasteiger partial charge in [0.25, 0.3) is 0 Å². The van der Waals surface area contributed by atoms with Crippen LogP contribution in [0.3, 0.4) is 0 Å². The summed E-state index contributed by atoms with van der Waals surface area (Å²) in [6.45, 7) is 7.57. The van der Waals surface area contributed by atoms with Gasteiger partial charge in [-0.05, 0) is 45.9 Å². The zero-order valence-electron chi connectivity index (χ0n) is 11.2. The molecule has 0 saturated carbocycles. The third kappa shape index (κ3) is 2.50. The van der Waals surface area contributed by atoms with Crippen LogP contribution >= 0.6 is 0 Å². The number of carbonyl (C=O) groups excluding carboxylic acids is 1. The highest BCUT2D eigenvalue weighted by molar-refractivity contribution is 6.03. The summed E-state index contributed by atoms with van der Waals surface area (Å²) >= 11 is 0. The van der Waals surface area contributed by atoms with E-state index in [0.717, 1.165) is 22.2 Å². The van der Waals surface area contributed by atoms with Gasteiger partial charge in [-0.3, -0.25) is 4.98 Å². The lowest BCUT2D eigenvalue weighted by Gasteiger charge is -2.11. The van der Waals surface area contributed by atoms with Gasteiger partial charge in [0.1, 0.15) is 0 Å². The molecular weight excluding hydrogens is 226 g/mol. The zero-order chi connectivity index (χ0) is 13.3. The van der Waals surface area contributed by atoms with Crippen LogP contribution in [0.4, 0.5) is 0 Å². The molecule has 0 atom stereocenters. The number of fused-ring (bicyclic) bond motifs is 1. The van der Waals surface area contributed by atoms with Crippen LogP contribution in [-0.4, -0.2) is 17.1 Å². The van der Waals surface area contributed by atoms with Gasteiger partial charge < -0.3 is 4.74 Å². The Morgan fingerprint density at radius 3 is 2.61 bits per heavy atom. The molecule has 18 heavy (non-hydrogen) atoms. The molecule has 3 nitrogen and oxygen atoms in total. The molecule has 0 aliphatic heterocycles. The molecule has 0 fully saturated rings. The van der Waals surface area contributed by atoms with Crippen LogP contribution in [0.1, 0.15) is 35.5 Å². The second kappa shape index (κ2) is 4.77. The van der Waals surface area contributed by atoms with Gasteiger partial charge in [0.15, 0.2) is 0 Å². The van der Waals surface area contributed by atoms with E-state index in [2.05, 4.69) is 4.98 Å². The van der Waals surface area contributed by atoms with Crippen LogP contribution in [-0.2, 0) is 4.74 Å². The van der Waals surface area contributed by atoms with E-state index in [1.54, 1.807) is 6.07 Å². The molecule has 0 N–H and O–H groups in total. The van der Waals surface area contributed by atoms with Gasteiger partial charge >= 0.3 is 5.97 Å². The Bertz CT molecular complexity index is 603. The van der Waals surface area contributed by atoms with Gasteiger partial charge in [-0.15, -0.1) is 0 Å². The summed E-state index contributed by atoms with van der Waals surface area (Å²) in [7, 11) is 0. The lowest BCUT2D eigenvalue weighted by molar-refractivity contribution is 0.0380. The van der Waals surface area contributed by atoms with E-state index in [1.165, 1.54) is 0 Å². The first-order chi connectivity index (χ1) is 8.47. The topological polar surface area (TPSA) is 39.2 Å². The van der Waals surface area contributed by atoms with Crippen LogP contribution in [0.25, 0.3) is 10.9 Å². The molecule has 2 rings (SSSR count). The van der Waals surface area contributed by atoms with Crippen molar-refractivity contribution in [3.05, 3.63) is 41.1 Å². The summed E-state index contributed by atoms with van der Waals surface area (Å²) in [6, 6.07) is 7.68. The number of esters is 1. The quantitative estimate of drug-likeness (QED) is 0.759. The van der Waals surface area contributed by atoms with Crippen molar-refractivity contribution >= 4 is 16.9 Å². The van der Waals surface area contributed by atoms with E-state index < -0.39 is 0 Å². The van der Waals surface area contributed by atoms with Crippen LogP contribution in [0.5, 0.6) is 0 Å². The molecule has 0 saturated heterocycles. The maximum atomic E-state index is 12.1. The lowest BCUT2D eigenvalue weighted by atomic mass is 10.1. The fraction of sp³-hybridized carbons (Fsp3) is 0.333. The second-order valence-electron chi connectivity index (χ2n) is 4.79. The molecule has 0 radical (unpaired) electrons. The number of aromatic nitrogens is 1. The van der Waals surface area contributed by atoms with Crippen molar-refractivity contribution in [2.24, 2.45) is 0 Å². The Balaban J connectivity index is 2.61. The molecular formula is C15H17NO2. The van der Waals surface area contributed by atoms with Crippen molar-refractivity contribution in [3.8, 4) is 0 Å². The highest BCUT2D eigenvalue weighted by Gasteiger charge is 2.14. The van der Waals surface area contributed by atoms with Crippen molar-refractivity contribution < 1.29 is 9.53 Å². The maximum Gasteiger partial charge on any atom is 0.339 e. The van der Waals surface area contributed by atoms with Gasteiger partial charge in [0.2, 0.25) is 0 Å². The molecule has 0 bridgehead atoms. The van der Waals surface area contributed by atoms with E-state index >= 15 is 0 Å². The molecule has 1 aromatic carbocycles. The standard InChI is InChI=1S/C15H17NO2/c1-9(2)18-15(17)13-8-11(4)16-14-6-5-10(3)7-12(13)14/h5-9H,1-4H3. The van der Waals surface area contributed by atoms with Gasteiger partial charge in [-0.25, -0.2) is 4.79 Å². The Labute approximate surface area is 107 Å². The van der Waals surface area contributed by atoms with E-state index in [-0.39, 0.29) is 12.1 Å². The van der Waals surface area contributed by atoms with Crippen molar-refractivity contribution in [1.29, 1.82) is 0 Å². The minimum absolute atomic E-state index is 0.120. The average Bonchev–Trinajstić information content (AvgIpc) is 2.27. The number of pyridine rings is 1. The molecule has 1 heterocycles. The first kappa shape index (κ1) is 12.6. The molecule has 3 heteroatoms. The second-order valence-corrected chi connectivity index (χ2v) is 4.79. The van der Waals surface area contributed by atoms with Gasteiger partial charge in [0.05, 0.1) is 17.2 Å². The average molecular weight is 243 g/mol. The monoisotopic (exact) mass is 243 g/mol. The molecule has 0 unspecified atom stereocenters. The summed E-state index contributed by atoms with van der Waals surface area (Å²) < 4.78 is 5.27. The molecule has 1 aromatic heterocycles. The largest absolute Gasteiger partial charge is 0.459 e. The summed E-state index contributed by atoms with van der Waals surface area (Å²) in [5, 5.41) is 0.853. The smallest absolute Gasteiger partial charge is 0.339 e. The summed E-state index contributed by atoms with van der Waals surface area (Å²) in [6.07, 6.45) is -0.120. The molecule has 94 valence electrons.